The van der Waals surface area contributed by atoms with E-state index in [0.29, 0.717) is 11.3 Å². The van der Waals surface area contributed by atoms with Crippen LogP contribution in [0.4, 0.5) is 4.79 Å². The van der Waals surface area contributed by atoms with Crippen molar-refractivity contribution in [2.75, 3.05) is 7.11 Å². The summed E-state index contributed by atoms with van der Waals surface area (Å²) in [4.78, 5) is 27.7. The van der Waals surface area contributed by atoms with Crippen LogP contribution in [-0.4, -0.2) is 36.0 Å². The zero-order chi connectivity index (χ0) is 18.4. The molecule has 0 spiro atoms. The fourth-order valence-electron chi connectivity index (χ4n) is 4.13. The highest BCUT2D eigenvalue weighted by Gasteiger charge is 2.32. The van der Waals surface area contributed by atoms with Crippen LogP contribution < -0.4 is 10.1 Å². The summed E-state index contributed by atoms with van der Waals surface area (Å²) in [6.07, 6.45) is 10.7. The topological polar surface area (TPSA) is 58.6 Å². The van der Waals surface area contributed by atoms with Gasteiger partial charge in [0.2, 0.25) is 0 Å². The maximum absolute atomic E-state index is 13.2. The second-order valence-corrected chi connectivity index (χ2v) is 7.48. The third-order valence-corrected chi connectivity index (χ3v) is 5.65. The summed E-state index contributed by atoms with van der Waals surface area (Å²) in [7, 11) is 1.60. The Bertz CT molecular complexity index is 602. The van der Waals surface area contributed by atoms with E-state index >= 15 is 0 Å². The van der Waals surface area contributed by atoms with Crippen LogP contribution in [0.2, 0.25) is 0 Å². The van der Waals surface area contributed by atoms with E-state index in [1.54, 1.807) is 31.4 Å². The average molecular weight is 358 g/mol. The summed E-state index contributed by atoms with van der Waals surface area (Å²) < 4.78 is 5.17. The zero-order valence-corrected chi connectivity index (χ0v) is 15.7. The molecule has 5 nitrogen and oxygen atoms in total. The molecule has 0 unspecified atom stereocenters. The molecule has 26 heavy (non-hydrogen) atoms. The Morgan fingerprint density at radius 3 is 2.08 bits per heavy atom. The SMILES string of the molecule is COc1ccc(C(=O)N(C(=O)NC2CCCCC2)C2CCCCC2)cc1. The molecule has 5 heteroatoms. The van der Waals surface area contributed by atoms with Crippen molar-refractivity contribution in [2.24, 2.45) is 0 Å². The number of carbonyl (C=O) groups is 2. The normalized spacial score (nSPS) is 19.0. The number of nitrogens with one attached hydrogen (secondary N) is 1. The average Bonchev–Trinajstić information content (AvgIpc) is 2.70. The lowest BCUT2D eigenvalue weighted by atomic mass is 9.93. The first-order valence-electron chi connectivity index (χ1n) is 9.97. The van der Waals surface area contributed by atoms with Gasteiger partial charge in [-0.1, -0.05) is 38.5 Å². The summed E-state index contributed by atoms with van der Waals surface area (Å²) >= 11 is 0. The van der Waals surface area contributed by atoms with Gasteiger partial charge in [-0.05, 0) is 49.9 Å². The molecule has 1 aromatic rings. The molecule has 142 valence electrons. The van der Waals surface area contributed by atoms with Crippen molar-refractivity contribution >= 4 is 11.9 Å². The van der Waals surface area contributed by atoms with Gasteiger partial charge in [-0.3, -0.25) is 9.69 Å². The number of carbonyl (C=O) groups excluding carboxylic acids is 2. The van der Waals surface area contributed by atoms with Crippen molar-refractivity contribution in [2.45, 2.75) is 76.3 Å². The van der Waals surface area contributed by atoms with Gasteiger partial charge in [-0.2, -0.15) is 0 Å². The number of benzene rings is 1. The first kappa shape index (κ1) is 18.7. The number of hydrogen-bond acceptors (Lipinski definition) is 3. The van der Waals surface area contributed by atoms with E-state index in [4.69, 9.17) is 4.74 Å². The van der Waals surface area contributed by atoms with Crippen LogP contribution in [0.1, 0.15) is 74.6 Å². The molecule has 0 saturated heterocycles. The van der Waals surface area contributed by atoms with Gasteiger partial charge in [0.25, 0.3) is 5.91 Å². The minimum absolute atomic E-state index is 0.00180. The molecular formula is C21H30N2O3. The van der Waals surface area contributed by atoms with Crippen molar-refractivity contribution in [3.05, 3.63) is 29.8 Å². The fourth-order valence-corrected chi connectivity index (χ4v) is 4.13. The lowest BCUT2D eigenvalue weighted by Crippen LogP contribution is -2.52. The Hall–Kier alpha value is -2.04. The summed E-state index contributed by atoms with van der Waals surface area (Å²) in [5, 5.41) is 3.13. The van der Waals surface area contributed by atoms with Gasteiger partial charge in [0, 0.05) is 17.6 Å². The second-order valence-electron chi connectivity index (χ2n) is 7.48. The fraction of sp³-hybridized carbons (Fsp3) is 0.619. The number of urea groups is 1. The minimum atomic E-state index is -0.218. The summed E-state index contributed by atoms with van der Waals surface area (Å²) in [6.45, 7) is 0. The lowest BCUT2D eigenvalue weighted by molar-refractivity contribution is 0.0701. The van der Waals surface area contributed by atoms with E-state index in [1.807, 2.05) is 0 Å². The van der Waals surface area contributed by atoms with Crippen molar-refractivity contribution in [3.8, 4) is 5.75 Å². The van der Waals surface area contributed by atoms with E-state index in [1.165, 1.54) is 17.7 Å². The molecule has 3 amide bonds. The first-order chi connectivity index (χ1) is 12.7. The predicted molar refractivity (Wildman–Crippen MR) is 101 cm³/mol. The van der Waals surface area contributed by atoms with Gasteiger partial charge in [0.1, 0.15) is 5.75 Å². The number of hydrogen-bond donors (Lipinski definition) is 1. The van der Waals surface area contributed by atoms with Crippen LogP contribution in [0.5, 0.6) is 5.75 Å². The maximum Gasteiger partial charge on any atom is 0.324 e. The van der Waals surface area contributed by atoms with Crippen LogP contribution >= 0.6 is 0 Å². The lowest BCUT2D eigenvalue weighted by Gasteiger charge is -2.34. The summed E-state index contributed by atoms with van der Waals surface area (Å²) in [5.41, 5.74) is 0.537. The van der Waals surface area contributed by atoms with Crippen LogP contribution in [-0.2, 0) is 0 Å². The molecule has 0 aromatic heterocycles. The largest absolute Gasteiger partial charge is 0.497 e. The molecular weight excluding hydrogens is 328 g/mol. The van der Waals surface area contributed by atoms with E-state index in [-0.39, 0.29) is 24.0 Å². The van der Waals surface area contributed by atoms with E-state index in [9.17, 15) is 9.59 Å². The van der Waals surface area contributed by atoms with Crippen molar-refractivity contribution in [3.63, 3.8) is 0 Å². The van der Waals surface area contributed by atoms with Gasteiger partial charge >= 0.3 is 6.03 Å². The Labute approximate surface area is 156 Å². The molecule has 0 aliphatic heterocycles. The Morgan fingerprint density at radius 1 is 0.923 bits per heavy atom. The number of ether oxygens (including phenoxy) is 1. The Kier molecular flexibility index (Phi) is 6.53. The molecule has 2 aliphatic carbocycles. The van der Waals surface area contributed by atoms with Crippen LogP contribution in [0.3, 0.4) is 0 Å². The molecule has 1 aromatic carbocycles. The highest BCUT2D eigenvalue weighted by molar-refractivity contribution is 6.04. The minimum Gasteiger partial charge on any atom is -0.497 e. The molecule has 0 heterocycles. The highest BCUT2D eigenvalue weighted by Crippen LogP contribution is 2.26. The van der Waals surface area contributed by atoms with Gasteiger partial charge in [0.05, 0.1) is 7.11 Å². The number of nitrogens with zero attached hydrogens (tertiary/aromatic N) is 1. The quantitative estimate of drug-likeness (QED) is 0.861. The smallest absolute Gasteiger partial charge is 0.324 e. The third kappa shape index (κ3) is 4.57. The first-order valence-corrected chi connectivity index (χ1v) is 9.97. The van der Waals surface area contributed by atoms with Crippen molar-refractivity contribution in [1.29, 1.82) is 0 Å². The molecule has 2 fully saturated rings. The molecule has 0 bridgehead atoms. The molecule has 0 radical (unpaired) electrons. The van der Waals surface area contributed by atoms with E-state index in [2.05, 4.69) is 5.32 Å². The number of methoxy groups -OCH3 is 1. The van der Waals surface area contributed by atoms with Crippen LogP contribution in [0.25, 0.3) is 0 Å². The number of rotatable bonds is 4. The monoisotopic (exact) mass is 358 g/mol. The van der Waals surface area contributed by atoms with Gasteiger partial charge in [-0.15, -0.1) is 0 Å². The number of amides is 3. The van der Waals surface area contributed by atoms with Crippen molar-refractivity contribution < 1.29 is 14.3 Å². The number of imide groups is 1. The summed E-state index contributed by atoms with van der Waals surface area (Å²) in [5.74, 6) is 0.505. The second kappa shape index (κ2) is 9.06. The van der Waals surface area contributed by atoms with Crippen LogP contribution in [0, 0.1) is 0 Å². The van der Waals surface area contributed by atoms with Crippen LogP contribution in [0.15, 0.2) is 24.3 Å². The van der Waals surface area contributed by atoms with Gasteiger partial charge < -0.3 is 10.1 Å². The Balaban J connectivity index is 1.76. The highest BCUT2D eigenvalue weighted by atomic mass is 16.5. The maximum atomic E-state index is 13.2. The molecule has 2 saturated carbocycles. The van der Waals surface area contributed by atoms with E-state index in [0.717, 1.165) is 51.4 Å². The molecule has 0 atom stereocenters. The van der Waals surface area contributed by atoms with Gasteiger partial charge in [0.15, 0.2) is 0 Å². The molecule has 1 N–H and O–H groups in total. The third-order valence-electron chi connectivity index (χ3n) is 5.65. The van der Waals surface area contributed by atoms with Crippen molar-refractivity contribution in [1.82, 2.24) is 10.2 Å². The molecule has 3 rings (SSSR count). The predicted octanol–water partition coefficient (Wildman–Crippen LogP) is 4.51. The van der Waals surface area contributed by atoms with E-state index < -0.39 is 0 Å². The zero-order valence-electron chi connectivity index (χ0n) is 15.7. The summed E-state index contributed by atoms with van der Waals surface area (Å²) in [6, 6.07) is 7.00. The van der Waals surface area contributed by atoms with Gasteiger partial charge in [-0.25, -0.2) is 4.79 Å². The standard InChI is InChI=1S/C21H30N2O3/c1-26-19-14-12-16(13-15-19)20(24)23(18-10-6-3-7-11-18)21(25)22-17-8-4-2-5-9-17/h12-15,17-18H,2-11H2,1H3,(H,22,25). The Morgan fingerprint density at radius 2 is 1.50 bits per heavy atom. The molecule has 2 aliphatic rings.